The maximum Gasteiger partial charge on any atom is 0.408 e. The standard InChI is InChI=1S/C13H13NO4/c1-3-10(14(2)13(15)16)6-9-4-5-11-12(7-9)18-8-17-11/h1,4-5,7,10H,6,8H2,2H3,(H,15,16). The molecule has 1 N–H and O–H groups in total. The second kappa shape index (κ2) is 4.88. The van der Waals surface area contributed by atoms with Crippen LogP contribution in [0.4, 0.5) is 4.79 Å². The van der Waals surface area contributed by atoms with Crippen LogP contribution in [0.1, 0.15) is 5.56 Å². The summed E-state index contributed by atoms with van der Waals surface area (Å²) >= 11 is 0. The Labute approximate surface area is 105 Å². The second-order valence-electron chi connectivity index (χ2n) is 3.97. The molecule has 1 aromatic rings. The number of ether oxygens (including phenoxy) is 2. The number of amides is 1. The Morgan fingerprint density at radius 3 is 2.94 bits per heavy atom. The van der Waals surface area contributed by atoms with Crippen LogP contribution in [0.15, 0.2) is 18.2 Å². The molecular formula is C13H13NO4. The van der Waals surface area contributed by atoms with Crippen molar-refractivity contribution in [2.75, 3.05) is 13.8 Å². The molecule has 1 amide bonds. The molecule has 0 radical (unpaired) electrons. The zero-order valence-electron chi connectivity index (χ0n) is 9.92. The van der Waals surface area contributed by atoms with Gasteiger partial charge in [0.2, 0.25) is 6.79 Å². The van der Waals surface area contributed by atoms with Gasteiger partial charge >= 0.3 is 6.09 Å². The largest absolute Gasteiger partial charge is 0.465 e. The van der Waals surface area contributed by atoms with Crippen LogP contribution in [0, 0.1) is 12.3 Å². The van der Waals surface area contributed by atoms with E-state index in [1.165, 1.54) is 7.05 Å². The lowest BCUT2D eigenvalue weighted by molar-refractivity contribution is 0.148. The molecular weight excluding hydrogens is 234 g/mol. The van der Waals surface area contributed by atoms with Crippen molar-refractivity contribution in [2.45, 2.75) is 12.5 Å². The zero-order valence-corrected chi connectivity index (χ0v) is 9.92. The van der Waals surface area contributed by atoms with Crippen molar-refractivity contribution >= 4 is 6.09 Å². The molecule has 0 aromatic heterocycles. The van der Waals surface area contributed by atoms with Crippen LogP contribution in [0.3, 0.4) is 0 Å². The number of nitrogens with zero attached hydrogens (tertiary/aromatic N) is 1. The lowest BCUT2D eigenvalue weighted by Gasteiger charge is -2.20. The summed E-state index contributed by atoms with van der Waals surface area (Å²) in [5, 5.41) is 8.90. The summed E-state index contributed by atoms with van der Waals surface area (Å²) < 4.78 is 10.5. The molecule has 1 aliphatic rings. The maximum absolute atomic E-state index is 10.9. The lowest BCUT2D eigenvalue weighted by atomic mass is 10.1. The first-order valence-electron chi connectivity index (χ1n) is 5.42. The minimum absolute atomic E-state index is 0.215. The number of carboxylic acid groups (broad SMARTS) is 1. The molecule has 1 unspecified atom stereocenters. The highest BCUT2D eigenvalue weighted by Gasteiger charge is 2.19. The van der Waals surface area contributed by atoms with Gasteiger partial charge in [-0.3, -0.25) is 4.90 Å². The van der Waals surface area contributed by atoms with E-state index in [1.54, 1.807) is 6.07 Å². The number of rotatable bonds is 3. The van der Waals surface area contributed by atoms with Crippen molar-refractivity contribution in [3.8, 4) is 23.8 Å². The van der Waals surface area contributed by atoms with E-state index >= 15 is 0 Å². The molecule has 1 aromatic carbocycles. The monoisotopic (exact) mass is 247 g/mol. The van der Waals surface area contributed by atoms with E-state index in [-0.39, 0.29) is 6.79 Å². The van der Waals surface area contributed by atoms with Gasteiger partial charge in [0.05, 0.1) is 6.04 Å². The van der Waals surface area contributed by atoms with Gasteiger partial charge in [-0.1, -0.05) is 12.0 Å². The Hall–Kier alpha value is -2.35. The Morgan fingerprint density at radius 1 is 1.56 bits per heavy atom. The van der Waals surface area contributed by atoms with Gasteiger partial charge in [0.25, 0.3) is 0 Å². The van der Waals surface area contributed by atoms with Crippen molar-refractivity contribution in [2.24, 2.45) is 0 Å². The molecule has 0 bridgehead atoms. The molecule has 5 heteroatoms. The molecule has 0 saturated heterocycles. The predicted molar refractivity (Wildman–Crippen MR) is 64.7 cm³/mol. The van der Waals surface area contributed by atoms with Gasteiger partial charge in [-0.15, -0.1) is 6.42 Å². The normalized spacial score (nSPS) is 13.8. The number of likely N-dealkylation sites (N-methyl/N-ethyl adjacent to an activating group) is 1. The molecule has 0 fully saturated rings. The van der Waals surface area contributed by atoms with Crippen LogP contribution in [0.25, 0.3) is 0 Å². The topological polar surface area (TPSA) is 59.0 Å². The maximum atomic E-state index is 10.9. The van der Waals surface area contributed by atoms with Crippen molar-refractivity contribution in [1.29, 1.82) is 0 Å². The van der Waals surface area contributed by atoms with Gasteiger partial charge in [-0.2, -0.15) is 0 Å². The van der Waals surface area contributed by atoms with Crippen LogP contribution < -0.4 is 9.47 Å². The molecule has 5 nitrogen and oxygen atoms in total. The van der Waals surface area contributed by atoms with Gasteiger partial charge in [0.15, 0.2) is 11.5 Å². The highest BCUT2D eigenvalue weighted by Crippen LogP contribution is 2.32. The van der Waals surface area contributed by atoms with Crippen molar-refractivity contribution in [3.05, 3.63) is 23.8 Å². The van der Waals surface area contributed by atoms with Gasteiger partial charge < -0.3 is 14.6 Å². The van der Waals surface area contributed by atoms with E-state index in [0.717, 1.165) is 10.5 Å². The predicted octanol–water partition coefficient (Wildman–Crippen LogP) is 1.57. The van der Waals surface area contributed by atoms with E-state index in [4.69, 9.17) is 21.0 Å². The Kier molecular flexibility index (Phi) is 3.28. The molecule has 0 spiro atoms. The molecule has 0 aliphatic carbocycles. The average molecular weight is 247 g/mol. The first-order chi connectivity index (χ1) is 8.61. The highest BCUT2D eigenvalue weighted by molar-refractivity contribution is 5.65. The Morgan fingerprint density at radius 2 is 2.28 bits per heavy atom. The molecule has 18 heavy (non-hydrogen) atoms. The first-order valence-corrected chi connectivity index (χ1v) is 5.42. The molecule has 1 heterocycles. The SMILES string of the molecule is C#CC(Cc1ccc2c(c1)OCO2)N(C)C(=O)O. The van der Waals surface area contributed by atoms with Crippen LogP contribution in [-0.2, 0) is 6.42 Å². The fourth-order valence-electron chi connectivity index (χ4n) is 1.73. The van der Waals surface area contributed by atoms with Crippen molar-refractivity contribution in [1.82, 2.24) is 4.90 Å². The third-order valence-electron chi connectivity index (χ3n) is 2.83. The van der Waals surface area contributed by atoms with Gasteiger partial charge in [-0.25, -0.2) is 4.79 Å². The number of fused-ring (bicyclic) bond motifs is 1. The third kappa shape index (κ3) is 2.33. The number of terminal acetylenes is 1. The molecule has 1 atom stereocenters. The van der Waals surface area contributed by atoms with Crippen LogP contribution in [0.5, 0.6) is 11.5 Å². The number of carbonyl (C=O) groups is 1. The van der Waals surface area contributed by atoms with Crippen LogP contribution in [0.2, 0.25) is 0 Å². The van der Waals surface area contributed by atoms with Crippen molar-refractivity contribution < 1.29 is 19.4 Å². The smallest absolute Gasteiger partial charge is 0.408 e. The van der Waals surface area contributed by atoms with E-state index in [1.807, 2.05) is 12.1 Å². The van der Waals surface area contributed by atoms with Crippen LogP contribution in [-0.4, -0.2) is 36.0 Å². The second-order valence-corrected chi connectivity index (χ2v) is 3.97. The third-order valence-corrected chi connectivity index (χ3v) is 2.83. The van der Waals surface area contributed by atoms with Gasteiger partial charge in [0, 0.05) is 13.5 Å². The summed E-state index contributed by atoms with van der Waals surface area (Å²) in [4.78, 5) is 12.0. The molecule has 0 saturated carbocycles. The number of hydrogen-bond acceptors (Lipinski definition) is 3. The van der Waals surface area contributed by atoms with Crippen molar-refractivity contribution in [3.63, 3.8) is 0 Å². The van der Waals surface area contributed by atoms with Gasteiger partial charge in [0.1, 0.15) is 0 Å². The zero-order chi connectivity index (χ0) is 13.1. The van der Waals surface area contributed by atoms with E-state index < -0.39 is 12.1 Å². The van der Waals surface area contributed by atoms with E-state index in [0.29, 0.717) is 17.9 Å². The minimum atomic E-state index is -1.04. The summed E-state index contributed by atoms with van der Waals surface area (Å²) in [7, 11) is 1.46. The van der Waals surface area contributed by atoms with E-state index in [9.17, 15) is 4.79 Å². The van der Waals surface area contributed by atoms with E-state index in [2.05, 4.69) is 5.92 Å². The number of hydrogen-bond donors (Lipinski definition) is 1. The summed E-state index contributed by atoms with van der Waals surface area (Å²) in [5.41, 5.74) is 0.912. The first kappa shape index (κ1) is 12.1. The minimum Gasteiger partial charge on any atom is -0.465 e. The summed E-state index contributed by atoms with van der Waals surface area (Å²) in [6.45, 7) is 0.215. The average Bonchev–Trinajstić information content (AvgIpc) is 2.82. The molecule has 94 valence electrons. The summed E-state index contributed by atoms with van der Waals surface area (Å²) in [6.07, 6.45) is 4.76. The fourth-order valence-corrected chi connectivity index (χ4v) is 1.73. The lowest BCUT2D eigenvalue weighted by Crippen LogP contribution is -2.36. The molecule has 1 aliphatic heterocycles. The highest BCUT2D eigenvalue weighted by atomic mass is 16.7. The van der Waals surface area contributed by atoms with Crippen LogP contribution >= 0.6 is 0 Å². The molecule has 2 rings (SSSR count). The quantitative estimate of drug-likeness (QED) is 0.824. The summed E-state index contributed by atoms with van der Waals surface area (Å²) in [5.74, 6) is 3.84. The summed E-state index contributed by atoms with van der Waals surface area (Å²) in [6, 6.07) is 4.98. The fraction of sp³-hybridized carbons (Fsp3) is 0.308. The van der Waals surface area contributed by atoms with Gasteiger partial charge in [-0.05, 0) is 17.7 Å². The Balaban J connectivity index is 2.13. The number of benzene rings is 1. The Bertz CT molecular complexity index is 506.